The number of aromatic nitrogens is 2. The van der Waals surface area contributed by atoms with Crippen LogP contribution in [0, 0.1) is 13.8 Å². The van der Waals surface area contributed by atoms with Crippen LogP contribution in [0.25, 0.3) is 11.0 Å². The predicted octanol–water partition coefficient (Wildman–Crippen LogP) is 5.84. The largest absolute Gasteiger partial charge is 0.494 e. The van der Waals surface area contributed by atoms with Crippen LogP contribution >= 0.6 is 0 Å². The molecule has 184 valence electrons. The molecule has 0 saturated carbocycles. The molecule has 3 aromatic rings. The zero-order chi connectivity index (χ0) is 24.9. The predicted molar refractivity (Wildman–Crippen MR) is 122 cm³/mol. The molecule has 9 heteroatoms. The number of fused-ring (bicyclic) bond motifs is 1. The van der Waals surface area contributed by atoms with Crippen LogP contribution in [0.3, 0.4) is 0 Å². The van der Waals surface area contributed by atoms with Crippen molar-refractivity contribution in [1.82, 2.24) is 9.55 Å². The second kappa shape index (κ2) is 10.8. The zero-order valence-corrected chi connectivity index (χ0v) is 19.8. The molecule has 0 aliphatic heterocycles. The van der Waals surface area contributed by atoms with Gasteiger partial charge < -0.3 is 18.8 Å². The van der Waals surface area contributed by atoms with E-state index in [-0.39, 0.29) is 36.9 Å². The molecule has 34 heavy (non-hydrogen) atoms. The van der Waals surface area contributed by atoms with Gasteiger partial charge >= 0.3 is 12.1 Å². The van der Waals surface area contributed by atoms with Crippen LogP contribution in [0.5, 0.6) is 11.5 Å². The summed E-state index contributed by atoms with van der Waals surface area (Å²) in [6.07, 6.45) is -3.77. The van der Waals surface area contributed by atoms with Gasteiger partial charge in [-0.1, -0.05) is 6.07 Å². The summed E-state index contributed by atoms with van der Waals surface area (Å²) in [5.41, 5.74) is 1.62. The summed E-state index contributed by atoms with van der Waals surface area (Å²) < 4.78 is 59.1. The van der Waals surface area contributed by atoms with Crippen molar-refractivity contribution < 1.29 is 32.2 Å². The molecule has 0 saturated heterocycles. The highest BCUT2D eigenvalue weighted by Crippen LogP contribution is 2.36. The van der Waals surface area contributed by atoms with Crippen molar-refractivity contribution in [3.63, 3.8) is 0 Å². The van der Waals surface area contributed by atoms with E-state index >= 15 is 0 Å². The number of benzene rings is 2. The second-order valence-corrected chi connectivity index (χ2v) is 7.86. The first-order valence-electron chi connectivity index (χ1n) is 11.2. The number of imidazole rings is 1. The third-order valence-corrected chi connectivity index (χ3v) is 5.33. The quantitative estimate of drug-likeness (QED) is 0.271. The standard InChI is InChI=1S/C25H29F3N2O4/c1-5-32-19-10-9-18(21(13-19)25(26,27)28)15-30-17(4)29-24-16(3)12-20(14-22(24)30)34-11-7-8-23(31)33-6-2/h9-10,12-14H,5-8,11,15H2,1-4H3. The third-order valence-electron chi connectivity index (χ3n) is 5.33. The van der Waals surface area contributed by atoms with E-state index in [1.807, 2.05) is 13.0 Å². The first-order chi connectivity index (χ1) is 16.1. The number of nitrogens with zero attached hydrogens (tertiary/aromatic N) is 2. The Morgan fingerprint density at radius 2 is 1.79 bits per heavy atom. The Morgan fingerprint density at radius 1 is 1.03 bits per heavy atom. The summed E-state index contributed by atoms with van der Waals surface area (Å²) in [6, 6.07) is 7.64. The first-order valence-corrected chi connectivity index (χ1v) is 11.2. The minimum Gasteiger partial charge on any atom is -0.494 e. The van der Waals surface area contributed by atoms with Crippen LogP contribution in [0.1, 0.15) is 49.2 Å². The lowest BCUT2D eigenvalue weighted by Crippen LogP contribution is -2.13. The molecule has 0 amide bonds. The van der Waals surface area contributed by atoms with Crippen LogP contribution in [-0.4, -0.2) is 35.3 Å². The fraction of sp³-hybridized carbons (Fsp3) is 0.440. The number of carbonyl (C=O) groups is 1. The Kier molecular flexibility index (Phi) is 8.06. The van der Waals surface area contributed by atoms with Gasteiger partial charge in [-0.15, -0.1) is 0 Å². The minimum absolute atomic E-state index is 0.00463. The van der Waals surface area contributed by atoms with Gasteiger partial charge in [0.2, 0.25) is 0 Å². The third kappa shape index (κ3) is 6.01. The SMILES string of the molecule is CCOC(=O)CCCOc1cc(C)c2nc(C)n(Cc3ccc(OCC)cc3C(F)(F)F)c2c1. The van der Waals surface area contributed by atoms with Crippen molar-refractivity contribution in [3.05, 3.63) is 52.8 Å². The van der Waals surface area contributed by atoms with E-state index in [4.69, 9.17) is 14.2 Å². The van der Waals surface area contributed by atoms with Crippen molar-refractivity contribution in [1.29, 1.82) is 0 Å². The van der Waals surface area contributed by atoms with Gasteiger partial charge in [0, 0.05) is 19.0 Å². The van der Waals surface area contributed by atoms with Gasteiger partial charge in [0.05, 0.1) is 36.4 Å². The van der Waals surface area contributed by atoms with E-state index in [0.717, 1.165) is 11.6 Å². The number of rotatable bonds is 10. The van der Waals surface area contributed by atoms with Gasteiger partial charge in [0.25, 0.3) is 0 Å². The van der Waals surface area contributed by atoms with Crippen LogP contribution in [0.4, 0.5) is 13.2 Å². The van der Waals surface area contributed by atoms with E-state index in [2.05, 4.69) is 4.98 Å². The van der Waals surface area contributed by atoms with Gasteiger partial charge in [-0.3, -0.25) is 4.79 Å². The van der Waals surface area contributed by atoms with Gasteiger partial charge in [0.1, 0.15) is 17.3 Å². The summed E-state index contributed by atoms with van der Waals surface area (Å²) in [4.78, 5) is 16.1. The Morgan fingerprint density at radius 3 is 2.47 bits per heavy atom. The highest BCUT2D eigenvalue weighted by atomic mass is 19.4. The van der Waals surface area contributed by atoms with Crippen LogP contribution in [-0.2, 0) is 22.3 Å². The van der Waals surface area contributed by atoms with E-state index in [1.165, 1.54) is 6.07 Å². The topological polar surface area (TPSA) is 62.6 Å². The lowest BCUT2D eigenvalue weighted by molar-refractivity contribution is -0.143. The van der Waals surface area contributed by atoms with Crippen molar-refractivity contribution in [2.45, 2.75) is 53.3 Å². The molecule has 0 fully saturated rings. The highest BCUT2D eigenvalue weighted by molar-refractivity contribution is 5.81. The lowest BCUT2D eigenvalue weighted by Gasteiger charge is -2.16. The molecule has 1 heterocycles. The van der Waals surface area contributed by atoms with Crippen molar-refractivity contribution in [2.24, 2.45) is 0 Å². The zero-order valence-electron chi connectivity index (χ0n) is 19.8. The van der Waals surface area contributed by atoms with E-state index < -0.39 is 11.7 Å². The maximum absolute atomic E-state index is 13.8. The average molecular weight is 479 g/mol. The van der Waals surface area contributed by atoms with Crippen molar-refractivity contribution in [2.75, 3.05) is 19.8 Å². The maximum atomic E-state index is 13.8. The van der Waals surface area contributed by atoms with Crippen molar-refractivity contribution in [3.8, 4) is 11.5 Å². The number of hydrogen-bond acceptors (Lipinski definition) is 5. The van der Waals surface area contributed by atoms with E-state index in [0.29, 0.717) is 42.2 Å². The molecule has 1 aromatic heterocycles. The number of carbonyl (C=O) groups excluding carboxylic acids is 1. The normalized spacial score (nSPS) is 11.6. The van der Waals surface area contributed by atoms with Crippen LogP contribution < -0.4 is 9.47 Å². The molecule has 0 bridgehead atoms. The number of ether oxygens (including phenoxy) is 3. The first kappa shape index (κ1) is 25.4. The molecule has 0 atom stereocenters. The fourth-order valence-electron chi connectivity index (χ4n) is 3.78. The monoisotopic (exact) mass is 478 g/mol. The Balaban J connectivity index is 1.88. The summed E-state index contributed by atoms with van der Waals surface area (Å²) in [5, 5.41) is 0. The Hall–Kier alpha value is -3.23. The van der Waals surface area contributed by atoms with Gasteiger partial charge in [-0.25, -0.2) is 4.98 Å². The minimum atomic E-state index is -4.52. The Labute approximate surface area is 196 Å². The summed E-state index contributed by atoms with van der Waals surface area (Å²) in [5.74, 6) is 1.07. The number of hydrogen-bond donors (Lipinski definition) is 0. The summed E-state index contributed by atoms with van der Waals surface area (Å²) >= 11 is 0. The molecule has 0 spiro atoms. The molecule has 0 unspecified atom stereocenters. The maximum Gasteiger partial charge on any atom is 0.416 e. The highest BCUT2D eigenvalue weighted by Gasteiger charge is 2.34. The van der Waals surface area contributed by atoms with E-state index in [9.17, 15) is 18.0 Å². The fourth-order valence-corrected chi connectivity index (χ4v) is 3.78. The van der Waals surface area contributed by atoms with Crippen LogP contribution in [0.2, 0.25) is 0 Å². The number of halogens is 3. The van der Waals surface area contributed by atoms with Gasteiger partial charge in [-0.2, -0.15) is 13.2 Å². The molecule has 2 aromatic carbocycles. The molecular weight excluding hydrogens is 449 g/mol. The number of esters is 1. The second-order valence-electron chi connectivity index (χ2n) is 7.86. The Bertz CT molecular complexity index is 1160. The number of aryl methyl sites for hydroxylation is 2. The smallest absolute Gasteiger partial charge is 0.416 e. The molecule has 0 radical (unpaired) electrons. The molecule has 0 N–H and O–H groups in total. The molecule has 3 rings (SSSR count). The molecule has 6 nitrogen and oxygen atoms in total. The molecule has 0 aliphatic carbocycles. The average Bonchev–Trinajstić information content (AvgIpc) is 3.08. The summed E-state index contributed by atoms with van der Waals surface area (Å²) in [6.45, 7) is 8.05. The van der Waals surface area contributed by atoms with Gasteiger partial charge in [-0.05, 0) is 63.4 Å². The van der Waals surface area contributed by atoms with Gasteiger partial charge in [0.15, 0.2) is 0 Å². The van der Waals surface area contributed by atoms with Crippen molar-refractivity contribution >= 4 is 17.0 Å². The number of alkyl halides is 3. The lowest BCUT2D eigenvalue weighted by atomic mass is 10.1. The molecular formula is C25H29F3N2O4. The van der Waals surface area contributed by atoms with E-state index in [1.54, 1.807) is 37.5 Å². The molecule has 0 aliphatic rings. The van der Waals surface area contributed by atoms with Crippen LogP contribution in [0.15, 0.2) is 30.3 Å². The summed E-state index contributed by atoms with van der Waals surface area (Å²) in [7, 11) is 0.